The second-order valence-corrected chi connectivity index (χ2v) is 13.2. The van der Waals surface area contributed by atoms with Crippen LogP contribution in [-0.2, 0) is 25.9 Å². The fraction of sp³-hybridized carbons (Fsp3) is 0.634. The zero-order valence-electron chi connectivity index (χ0n) is 28.4. The van der Waals surface area contributed by atoms with Crippen LogP contribution in [0.3, 0.4) is 0 Å². The summed E-state index contributed by atoms with van der Waals surface area (Å²) in [7, 11) is 0. The number of imidazole rings is 1. The second-order valence-electron chi connectivity index (χ2n) is 13.2. The summed E-state index contributed by atoms with van der Waals surface area (Å²) < 4.78 is 5.38. The van der Waals surface area contributed by atoms with E-state index >= 15 is 0 Å². The third-order valence-corrected chi connectivity index (χ3v) is 9.37. The Morgan fingerprint density at radius 1 is 0.581 bits per heavy atom. The topological polar surface area (TPSA) is 8.81 Å². The Kier molecular flexibility index (Phi) is 18.1. The van der Waals surface area contributed by atoms with Crippen molar-refractivity contribution in [1.82, 2.24) is 4.57 Å². The molecular formula is C41H65N2+. The highest BCUT2D eigenvalue weighted by atomic mass is 15.2. The van der Waals surface area contributed by atoms with Crippen molar-refractivity contribution in [2.24, 2.45) is 0 Å². The fourth-order valence-corrected chi connectivity index (χ4v) is 6.64. The van der Waals surface area contributed by atoms with Gasteiger partial charge >= 0.3 is 0 Å². The minimum Gasteiger partial charge on any atom is -0.234 e. The normalized spacial score (nSPS) is 12.2. The monoisotopic (exact) mass is 586 g/mol. The summed E-state index contributed by atoms with van der Waals surface area (Å²) in [4.78, 5) is 0. The lowest BCUT2D eigenvalue weighted by Gasteiger charge is -2.12. The molecule has 0 N–H and O–H groups in total. The Hall–Kier alpha value is -2.35. The molecule has 0 saturated heterocycles. The van der Waals surface area contributed by atoms with E-state index in [4.69, 9.17) is 0 Å². The molecule has 238 valence electrons. The number of benzene rings is 2. The minimum absolute atomic E-state index is 0.517. The molecule has 3 rings (SSSR count). The van der Waals surface area contributed by atoms with Crippen molar-refractivity contribution in [3.63, 3.8) is 0 Å². The van der Waals surface area contributed by atoms with E-state index in [2.05, 4.69) is 96.8 Å². The summed E-state index contributed by atoms with van der Waals surface area (Å²) in [6.45, 7) is 9.32. The Labute approximate surface area is 266 Å². The van der Waals surface area contributed by atoms with E-state index < -0.39 is 0 Å². The van der Waals surface area contributed by atoms with E-state index in [1.54, 1.807) is 0 Å². The van der Waals surface area contributed by atoms with Crippen molar-refractivity contribution in [3.05, 3.63) is 89.5 Å². The van der Waals surface area contributed by atoms with Crippen molar-refractivity contribution in [3.8, 4) is 0 Å². The molecule has 0 aliphatic rings. The lowest BCUT2D eigenvalue weighted by atomic mass is 9.96. The van der Waals surface area contributed by atoms with Gasteiger partial charge in [-0.15, -0.1) is 0 Å². The molecule has 0 fully saturated rings. The Bertz CT molecular complexity index is 1070. The number of hydrogen-bond donors (Lipinski definition) is 0. The third kappa shape index (κ3) is 13.9. The molecule has 0 spiro atoms. The predicted octanol–water partition coefficient (Wildman–Crippen LogP) is 11.8. The molecule has 1 aromatic heterocycles. The summed E-state index contributed by atoms with van der Waals surface area (Å²) in [6.07, 6.45) is 29.6. The Morgan fingerprint density at radius 3 is 1.63 bits per heavy atom. The Balaban J connectivity index is 1.64. The first-order valence-electron chi connectivity index (χ1n) is 18.4. The van der Waals surface area contributed by atoms with Crippen molar-refractivity contribution >= 4 is 0 Å². The maximum atomic E-state index is 2.74. The molecule has 1 atom stereocenters. The first-order chi connectivity index (χ1) is 21.2. The zero-order chi connectivity index (χ0) is 30.4. The first kappa shape index (κ1) is 35.1. The molecule has 0 amide bonds. The third-order valence-electron chi connectivity index (χ3n) is 9.37. The summed E-state index contributed by atoms with van der Waals surface area (Å²) in [5, 5.41) is 0. The van der Waals surface area contributed by atoms with Gasteiger partial charge in [0.1, 0.15) is 11.9 Å². The zero-order valence-corrected chi connectivity index (χ0v) is 28.4. The van der Waals surface area contributed by atoms with E-state index in [1.807, 2.05) is 0 Å². The van der Waals surface area contributed by atoms with E-state index in [0.29, 0.717) is 5.92 Å². The summed E-state index contributed by atoms with van der Waals surface area (Å²) in [5.74, 6) is 2.03. The summed E-state index contributed by atoms with van der Waals surface area (Å²) >= 11 is 0. The maximum Gasteiger partial charge on any atom is 0.261 e. The van der Waals surface area contributed by atoms with Crippen molar-refractivity contribution in [2.45, 2.75) is 168 Å². The average Bonchev–Trinajstić information content (AvgIpc) is 3.35. The van der Waals surface area contributed by atoms with Gasteiger partial charge in [-0.05, 0) is 42.7 Å². The number of unbranched alkanes of at least 4 members (excludes halogenated alkanes) is 16. The molecule has 43 heavy (non-hydrogen) atoms. The Morgan fingerprint density at radius 2 is 1.07 bits per heavy atom. The van der Waals surface area contributed by atoms with E-state index in [9.17, 15) is 0 Å². The van der Waals surface area contributed by atoms with Gasteiger partial charge in [0.25, 0.3) is 5.82 Å². The van der Waals surface area contributed by atoms with Gasteiger partial charge in [-0.1, -0.05) is 171 Å². The van der Waals surface area contributed by atoms with Gasteiger partial charge in [0, 0.05) is 6.42 Å². The molecular weight excluding hydrogens is 520 g/mol. The van der Waals surface area contributed by atoms with Gasteiger partial charge in [-0.2, -0.15) is 0 Å². The standard InChI is InChI=1S/C41H65N2/c1-4-6-8-10-12-13-14-15-16-17-19-27-33-43-40(34-37(3)39-30-24-21-25-31-39)36-42(32-26-18-11-9-7-5-2)41(43)35-38-28-22-20-23-29-38/h20-25,28-31,36-37H,4-19,26-27,32-35H2,1-3H3/q+1. The fourth-order valence-electron chi connectivity index (χ4n) is 6.64. The largest absolute Gasteiger partial charge is 0.261 e. The van der Waals surface area contributed by atoms with Crippen molar-refractivity contribution in [1.29, 1.82) is 0 Å². The van der Waals surface area contributed by atoms with Crippen LogP contribution < -0.4 is 4.57 Å². The molecule has 2 heteroatoms. The predicted molar refractivity (Wildman–Crippen MR) is 187 cm³/mol. The van der Waals surface area contributed by atoms with Crippen LogP contribution in [0.1, 0.15) is 165 Å². The van der Waals surface area contributed by atoms with E-state index in [0.717, 1.165) is 25.9 Å². The minimum atomic E-state index is 0.517. The summed E-state index contributed by atoms with van der Waals surface area (Å²) in [5.41, 5.74) is 4.40. The first-order valence-corrected chi connectivity index (χ1v) is 18.4. The van der Waals surface area contributed by atoms with Crippen LogP contribution in [0.5, 0.6) is 0 Å². The molecule has 0 aliphatic heterocycles. The molecule has 2 nitrogen and oxygen atoms in total. The van der Waals surface area contributed by atoms with Crippen LogP contribution in [0, 0.1) is 0 Å². The lowest BCUT2D eigenvalue weighted by Crippen LogP contribution is -2.37. The number of hydrogen-bond acceptors (Lipinski definition) is 0. The number of aromatic nitrogens is 2. The average molecular weight is 586 g/mol. The van der Waals surface area contributed by atoms with Crippen LogP contribution in [0.2, 0.25) is 0 Å². The molecule has 0 aliphatic carbocycles. The quantitative estimate of drug-likeness (QED) is 0.0690. The molecule has 0 radical (unpaired) electrons. The van der Waals surface area contributed by atoms with E-state index in [-0.39, 0.29) is 0 Å². The van der Waals surface area contributed by atoms with Crippen LogP contribution in [0.15, 0.2) is 66.9 Å². The van der Waals surface area contributed by atoms with Gasteiger partial charge in [-0.3, -0.25) is 0 Å². The van der Waals surface area contributed by atoms with Gasteiger partial charge in [0.2, 0.25) is 0 Å². The number of nitrogens with zero attached hydrogens (tertiary/aromatic N) is 2. The number of aryl methyl sites for hydroxylation is 1. The van der Waals surface area contributed by atoms with Crippen LogP contribution >= 0.6 is 0 Å². The van der Waals surface area contributed by atoms with Crippen molar-refractivity contribution < 1.29 is 4.57 Å². The molecule has 3 aromatic rings. The summed E-state index contributed by atoms with van der Waals surface area (Å²) in [6, 6.07) is 22.3. The molecule has 0 saturated carbocycles. The molecule has 0 bridgehead atoms. The van der Waals surface area contributed by atoms with E-state index in [1.165, 1.54) is 138 Å². The molecule has 2 aromatic carbocycles. The van der Waals surface area contributed by atoms with Crippen LogP contribution in [0.4, 0.5) is 0 Å². The van der Waals surface area contributed by atoms with Gasteiger partial charge in [-0.25, -0.2) is 9.13 Å². The lowest BCUT2D eigenvalue weighted by molar-refractivity contribution is -0.704. The second kappa shape index (κ2) is 22.2. The highest BCUT2D eigenvalue weighted by Crippen LogP contribution is 2.23. The SMILES string of the molecule is CCCCCCCCCCCCCCn1c(CC(C)c2ccccc2)c[n+](CCCCCCCC)c1Cc1ccccc1. The van der Waals surface area contributed by atoms with Crippen LogP contribution in [-0.4, -0.2) is 4.57 Å². The molecule has 1 unspecified atom stereocenters. The van der Waals surface area contributed by atoms with Crippen molar-refractivity contribution in [2.75, 3.05) is 0 Å². The van der Waals surface area contributed by atoms with Crippen LogP contribution in [0.25, 0.3) is 0 Å². The van der Waals surface area contributed by atoms with Gasteiger partial charge in [0.15, 0.2) is 0 Å². The number of rotatable bonds is 25. The van der Waals surface area contributed by atoms with Gasteiger partial charge < -0.3 is 0 Å². The van der Waals surface area contributed by atoms with Gasteiger partial charge in [0.05, 0.1) is 19.5 Å². The highest BCUT2D eigenvalue weighted by molar-refractivity contribution is 5.22. The highest BCUT2D eigenvalue weighted by Gasteiger charge is 2.25. The maximum absolute atomic E-state index is 2.74. The molecule has 1 heterocycles. The smallest absolute Gasteiger partial charge is 0.234 e.